The lowest BCUT2D eigenvalue weighted by Gasteiger charge is -2.49. The molecule has 0 aliphatic heterocycles. The molecule has 1 heterocycles. The molecular weight excluding hydrogens is 571 g/mol. The zero-order valence-corrected chi connectivity index (χ0v) is 24.1. The van der Waals surface area contributed by atoms with Crippen LogP contribution in [-0.4, -0.2) is 44.4 Å². The summed E-state index contributed by atoms with van der Waals surface area (Å²) in [5, 5.41) is 40.5. The molecule has 0 spiro atoms. The molecular formula is C31H33ClF3N3O4. The number of aliphatic hydroxyl groups is 2. The summed E-state index contributed by atoms with van der Waals surface area (Å²) in [6.45, 7) is 3.29. The van der Waals surface area contributed by atoms with Gasteiger partial charge in [-0.3, -0.25) is 5.10 Å². The summed E-state index contributed by atoms with van der Waals surface area (Å²) in [6.07, 6.45) is -1.41. The van der Waals surface area contributed by atoms with Gasteiger partial charge >= 0.3 is 6.18 Å². The predicted molar refractivity (Wildman–Crippen MR) is 155 cm³/mol. The van der Waals surface area contributed by atoms with E-state index in [2.05, 4.69) is 15.5 Å². The summed E-state index contributed by atoms with van der Waals surface area (Å²) < 4.78 is 48.2. The number of halogens is 4. The quantitative estimate of drug-likeness (QED) is 0.171. The van der Waals surface area contributed by atoms with Crippen molar-refractivity contribution in [3.05, 3.63) is 82.0 Å². The number of H-pyrrole nitrogens is 1. The fourth-order valence-corrected chi connectivity index (χ4v) is 6.55. The van der Waals surface area contributed by atoms with Gasteiger partial charge in [0, 0.05) is 16.6 Å². The summed E-state index contributed by atoms with van der Waals surface area (Å²) in [6, 6.07) is 11.8. The third-order valence-corrected chi connectivity index (χ3v) is 8.51. The van der Waals surface area contributed by atoms with Crippen LogP contribution in [0, 0.1) is 0 Å². The van der Waals surface area contributed by atoms with Crippen molar-refractivity contribution in [2.45, 2.75) is 68.9 Å². The van der Waals surface area contributed by atoms with Crippen LogP contribution in [0.5, 0.6) is 11.5 Å². The minimum Gasteiger partial charge on any atom is -0.508 e. The molecule has 6 rings (SSSR count). The fourth-order valence-electron chi connectivity index (χ4n) is 6.32. The average Bonchev–Trinajstić information content (AvgIpc) is 3.40. The van der Waals surface area contributed by atoms with Crippen molar-refractivity contribution in [3.63, 3.8) is 0 Å². The highest BCUT2D eigenvalue weighted by Crippen LogP contribution is 2.57. The Morgan fingerprint density at radius 2 is 1.86 bits per heavy atom. The van der Waals surface area contributed by atoms with Crippen LogP contribution in [0.4, 0.5) is 18.9 Å². The number of nitrogens with one attached hydrogen (secondary N) is 2. The molecule has 0 saturated heterocycles. The molecule has 2 aliphatic rings. The number of phenols is 1. The number of hydrogen-bond donors (Lipinski definition) is 5. The Morgan fingerprint density at radius 3 is 2.57 bits per heavy atom. The van der Waals surface area contributed by atoms with Crippen LogP contribution >= 0.6 is 11.6 Å². The van der Waals surface area contributed by atoms with Gasteiger partial charge in [0.15, 0.2) is 5.60 Å². The van der Waals surface area contributed by atoms with E-state index in [1.807, 2.05) is 6.07 Å². The van der Waals surface area contributed by atoms with E-state index < -0.39 is 29.7 Å². The topological polar surface area (TPSA) is 111 Å². The second kappa shape index (κ2) is 11.0. The number of benzene rings is 3. The standard InChI is InChI=1S/C21H21ClF3N3O2.C10H12O2/c1-19(2)10-20(29,21(23,24)25)18(11-7-8-13(22)17(30-3)16(11)19)27-14-5-4-6-15-12(14)9-26-28-15;11-8-4-5-9-7(6-8)2-1-3-10(9)12/h4-9,18,27,29H,10H2,1-3H3,(H,26,28);4-6,10-12H,1-3H2. The summed E-state index contributed by atoms with van der Waals surface area (Å²) in [4.78, 5) is 0. The number of fused-ring (bicyclic) bond motifs is 3. The molecule has 3 atom stereocenters. The summed E-state index contributed by atoms with van der Waals surface area (Å²) in [5.41, 5.74) is -0.0674. The fraction of sp³-hybridized carbons (Fsp3) is 0.387. The van der Waals surface area contributed by atoms with Gasteiger partial charge in [0.1, 0.15) is 11.5 Å². The third-order valence-electron chi connectivity index (χ3n) is 8.21. The number of methoxy groups -OCH3 is 1. The van der Waals surface area contributed by atoms with Crippen molar-refractivity contribution in [3.8, 4) is 11.5 Å². The molecule has 5 N–H and O–H groups in total. The van der Waals surface area contributed by atoms with Gasteiger partial charge in [0.2, 0.25) is 0 Å². The van der Waals surface area contributed by atoms with Gasteiger partial charge in [-0.05, 0) is 78.1 Å². The first-order valence-corrected chi connectivity index (χ1v) is 14.0. The Balaban J connectivity index is 0.000000244. The van der Waals surface area contributed by atoms with Crippen LogP contribution < -0.4 is 10.1 Å². The number of alkyl halides is 3. The highest BCUT2D eigenvalue weighted by Gasteiger charge is 2.64. The predicted octanol–water partition coefficient (Wildman–Crippen LogP) is 7.11. The molecule has 42 heavy (non-hydrogen) atoms. The second-order valence-electron chi connectivity index (χ2n) is 11.5. The van der Waals surface area contributed by atoms with Crippen molar-refractivity contribution in [1.82, 2.24) is 10.2 Å². The number of aliphatic hydroxyl groups excluding tert-OH is 1. The molecule has 224 valence electrons. The normalized spacial score (nSPS) is 22.9. The molecule has 11 heteroatoms. The lowest BCUT2D eigenvalue weighted by atomic mass is 9.63. The van der Waals surface area contributed by atoms with Gasteiger partial charge in [0.05, 0.1) is 36.0 Å². The molecule has 3 aromatic carbocycles. The highest BCUT2D eigenvalue weighted by atomic mass is 35.5. The highest BCUT2D eigenvalue weighted by molar-refractivity contribution is 6.32. The van der Waals surface area contributed by atoms with E-state index in [1.165, 1.54) is 25.4 Å². The Morgan fingerprint density at radius 1 is 1.12 bits per heavy atom. The SMILES string of the molecule is COc1c(Cl)ccc2c1C(C)(C)CC(O)(C(F)(F)F)C2Nc1cccc2[nH]ncc12.Oc1ccc2c(c1)CCCC2O. The summed E-state index contributed by atoms with van der Waals surface area (Å²) in [7, 11) is 1.43. The number of ether oxygens (including phenoxy) is 1. The van der Waals surface area contributed by atoms with Crippen molar-refractivity contribution >= 4 is 28.2 Å². The Kier molecular flexibility index (Phi) is 7.85. The van der Waals surface area contributed by atoms with E-state index in [0.29, 0.717) is 38.7 Å². The van der Waals surface area contributed by atoms with Crippen molar-refractivity contribution in [2.24, 2.45) is 0 Å². The number of aromatic hydroxyl groups is 1. The molecule has 1 aromatic heterocycles. The average molecular weight is 604 g/mol. The number of aryl methyl sites for hydroxylation is 1. The number of nitrogens with zero attached hydrogens (tertiary/aromatic N) is 1. The van der Waals surface area contributed by atoms with Crippen molar-refractivity contribution in [1.29, 1.82) is 0 Å². The molecule has 0 radical (unpaired) electrons. The van der Waals surface area contributed by atoms with E-state index in [0.717, 1.165) is 30.4 Å². The van der Waals surface area contributed by atoms with Crippen LogP contribution in [-0.2, 0) is 11.8 Å². The molecule has 2 aliphatic carbocycles. The van der Waals surface area contributed by atoms with E-state index in [4.69, 9.17) is 16.3 Å². The van der Waals surface area contributed by atoms with Gasteiger partial charge in [0.25, 0.3) is 0 Å². The van der Waals surface area contributed by atoms with Crippen LogP contribution in [0.25, 0.3) is 10.9 Å². The molecule has 4 aromatic rings. The number of phenolic OH excluding ortho intramolecular Hbond substituents is 1. The van der Waals surface area contributed by atoms with Gasteiger partial charge in [-0.25, -0.2) is 0 Å². The van der Waals surface area contributed by atoms with E-state index in [1.54, 1.807) is 44.2 Å². The summed E-state index contributed by atoms with van der Waals surface area (Å²) in [5.74, 6) is 0.611. The zero-order valence-electron chi connectivity index (χ0n) is 23.4. The van der Waals surface area contributed by atoms with E-state index in [-0.39, 0.29) is 11.7 Å². The molecule has 0 saturated carbocycles. The van der Waals surface area contributed by atoms with Crippen LogP contribution in [0.15, 0.2) is 54.7 Å². The second-order valence-corrected chi connectivity index (χ2v) is 11.9. The first-order valence-electron chi connectivity index (χ1n) is 13.6. The molecule has 3 unspecified atom stereocenters. The number of aromatic amines is 1. The Labute approximate surface area is 246 Å². The third kappa shape index (κ3) is 5.27. The van der Waals surface area contributed by atoms with Crippen LogP contribution in [0.2, 0.25) is 5.02 Å². The maximum Gasteiger partial charge on any atom is 0.419 e. The number of anilines is 1. The van der Waals surface area contributed by atoms with Gasteiger partial charge in [-0.15, -0.1) is 0 Å². The zero-order chi connectivity index (χ0) is 30.4. The minimum atomic E-state index is -4.88. The van der Waals surface area contributed by atoms with Crippen LogP contribution in [0.3, 0.4) is 0 Å². The van der Waals surface area contributed by atoms with Gasteiger partial charge in [-0.2, -0.15) is 18.3 Å². The summed E-state index contributed by atoms with van der Waals surface area (Å²) >= 11 is 6.28. The number of rotatable bonds is 3. The van der Waals surface area contributed by atoms with Gasteiger partial charge in [-0.1, -0.05) is 43.6 Å². The van der Waals surface area contributed by atoms with Gasteiger partial charge < -0.3 is 25.4 Å². The molecule has 7 nitrogen and oxygen atoms in total. The smallest absolute Gasteiger partial charge is 0.419 e. The van der Waals surface area contributed by atoms with Crippen molar-refractivity contribution in [2.75, 3.05) is 12.4 Å². The lowest BCUT2D eigenvalue weighted by Crippen LogP contribution is -2.58. The molecule has 0 bridgehead atoms. The largest absolute Gasteiger partial charge is 0.508 e. The minimum absolute atomic E-state index is 0.285. The maximum absolute atomic E-state index is 14.3. The maximum atomic E-state index is 14.3. The first-order chi connectivity index (χ1) is 19.8. The van der Waals surface area contributed by atoms with E-state index >= 15 is 0 Å². The van der Waals surface area contributed by atoms with Crippen molar-refractivity contribution < 1.29 is 33.2 Å². The number of hydrogen-bond acceptors (Lipinski definition) is 6. The molecule has 0 fully saturated rings. The Hall–Kier alpha value is -3.47. The first kappa shape index (κ1) is 30.0. The lowest BCUT2D eigenvalue weighted by molar-refractivity contribution is -0.275. The molecule has 0 amide bonds. The van der Waals surface area contributed by atoms with Crippen LogP contribution in [0.1, 0.15) is 67.5 Å². The van der Waals surface area contributed by atoms with E-state index in [9.17, 15) is 28.5 Å². The monoisotopic (exact) mass is 603 g/mol. The Bertz CT molecular complexity index is 1610. The number of aromatic nitrogens is 2.